The molecule has 0 radical (unpaired) electrons. The van der Waals surface area contributed by atoms with E-state index >= 15 is 0 Å². The first-order valence-electron chi connectivity index (χ1n) is 6.22. The fourth-order valence-electron chi connectivity index (χ4n) is 2.20. The molecule has 1 unspecified atom stereocenters. The van der Waals surface area contributed by atoms with Gasteiger partial charge in [0.15, 0.2) is 0 Å². The van der Waals surface area contributed by atoms with Gasteiger partial charge in [0.2, 0.25) is 0 Å². The molecule has 94 valence electrons. The summed E-state index contributed by atoms with van der Waals surface area (Å²) in [6.45, 7) is 4.80. The maximum absolute atomic E-state index is 12.2. The first-order chi connectivity index (χ1) is 8.31. The molecule has 0 saturated carbocycles. The summed E-state index contributed by atoms with van der Waals surface area (Å²) < 4.78 is 0. The third-order valence-electron chi connectivity index (χ3n) is 3.04. The molecule has 0 aromatic carbocycles. The van der Waals surface area contributed by atoms with Crippen LogP contribution in [-0.2, 0) is 0 Å². The van der Waals surface area contributed by atoms with Crippen molar-refractivity contribution in [3.05, 3.63) is 16.6 Å². The van der Waals surface area contributed by atoms with Crippen molar-refractivity contribution in [2.24, 2.45) is 0 Å². The Kier molecular flexibility index (Phi) is 4.50. The quantitative estimate of drug-likeness (QED) is 0.869. The molecule has 1 aliphatic heterocycles. The number of carbonyl (C=O) groups excluding carboxylic acids is 1. The second kappa shape index (κ2) is 6.12. The molecule has 1 aromatic heterocycles. The van der Waals surface area contributed by atoms with Gasteiger partial charge in [-0.05, 0) is 25.8 Å². The highest BCUT2D eigenvalue weighted by Crippen LogP contribution is 2.11. The number of nitrogens with zero attached hydrogens (tertiary/aromatic N) is 2. The zero-order chi connectivity index (χ0) is 12.1. The zero-order valence-corrected chi connectivity index (χ0v) is 11.0. The van der Waals surface area contributed by atoms with Crippen LogP contribution < -0.4 is 5.32 Å². The Morgan fingerprint density at radius 1 is 1.71 bits per heavy atom. The van der Waals surface area contributed by atoms with Gasteiger partial charge in [0, 0.05) is 24.5 Å². The summed E-state index contributed by atoms with van der Waals surface area (Å²) in [4.78, 5) is 18.3. The maximum atomic E-state index is 12.2. The average molecular weight is 253 g/mol. The third kappa shape index (κ3) is 3.26. The van der Waals surface area contributed by atoms with Crippen LogP contribution in [0.25, 0.3) is 0 Å². The fraction of sp³-hybridized carbons (Fsp3) is 0.667. The van der Waals surface area contributed by atoms with Crippen LogP contribution in [0.2, 0.25) is 0 Å². The van der Waals surface area contributed by atoms with E-state index in [0.717, 1.165) is 26.1 Å². The largest absolute Gasteiger partial charge is 0.336 e. The lowest BCUT2D eigenvalue weighted by molar-refractivity contribution is 0.0737. The van der Waals surface area contributed by atoms with Gasteiger partial charge in [0.25, 0.3) is 5.91 Å². The number of nitrogens with one attached hydrogen (secondary N) is 1. The van der Waals surface area contributed by atoms with E-state index in [1.165, 1.54) is 24.2 Å². The number of amides is 1. The van der Waals surface area contributed by atoms with Gasteiger partial charge in [-0.2, -0.15) is 0 Å². The SMILES string of the molecule is CCCN(CC1CCCN1)C(=O)c1cscn1. The molecule has 1 aliphatic rings. The van der Waals surface area contributed by atoms with Gasteiger partial charge >= 0.3 is 0 Å². The van der Waals surface area contributed by atoms with Crippen LogP contribution in [0.4, 0.5) is 0 Å². The Balaban J connectivity index is 1.98. The Morgan fingerprint density at radius 2 is 2.59 bits per heavy atom. The number of thiazole rings is 1. The van der Waals surface area contributed by atoms with Crippen molar-refractivity contribution in [3.8, 4) is 0 Å². The smallest absolute Gasteiger partial charge is 0.273 e. The molecule has 0 spiro atoms. The standard InChI is InChI=1S/C12H19N3OS/c1-2-6-15(7-10-4-3-5-13-10)12(16)11-8-17-9-14-11/h8-10,13H,2-7H2,1H3. The molecule has 0 aliphatic carbocycles. The molecule has 17 heavy (non-hydrogen) atoms. The van der Waals surface area contributed by atoms with Gasteiger partial charge < -0.3 is 10.2 Å². The summed E-state index contributed by atoms with van der Waals surface area (Å²) in [7, 11) is 0. The molecule has 4 nitrogen and oxygen atoms in total. The number of carbonyl (C=O) groups is 1. The van der Waals surface area contributed by atoms with E-state index in [4.69, 9.17) is 0 Å². The van der Waals surface area contributed by atoms with Crippen molar-refractivity contribution in [3.63, 3.8) is 0 Å². The molecule has 2 heterocycles. The summed E-state index contributed by atoms with van der Waals surface area (Å²) in [5, 5.41) is 5.26. The second-order valence-electron chi connectivity index (χ2n) is 4.42. The van der Waals surface area contributed by atoms with E-state index in [0.29, 0.717) is 11.7 Å². The van der Waals surface area contributed by atoms with Crippen LogP contribution in [-0.4, -0.2) is 41.5 Å². The summed E-state index contributed by atoms with van der Waals surface area (Å²) in [5.74, 6) is 0.0711. The highest BCUT2D eigenvalue weighted by Gasteiger charge is 2.22. The average Bonchev–Trinajstić information content (AvgIpc) is 3.00. The first kappa shape index (κ1) is 12.5. The fourth-order valence-corrected chi connectivity index (χ4v) is 2.73. The second-order valence-corrected chi connectivity index (χ2v) is 5.14. The van der Waals surface area contributed by atoms with Crippen molar-refractivity contribution in [2.75, 3.05) is 19.6 Å². The number of hydrogen-bond acceptors (Lipinski definition) is 4. The minimum absolute atomic E-state index is 0.0711. The van der Waals surface area contributed by atoms with E-state index < -0.39 is 0 Å². The Morgan fingerprint density at radius 3 is 3.18 bits per heavy atom. The number of hydrogen-bond donors (Lipinski definition) is 1. The minimum Gasteiger partial charge on any atom is -0.336 e. The van der Waals surface area contributed by atoms with E-state index in [2.05, 4.69) is 17.2 Å². The van der Waals surface area contributed by atoms with Crippen molar-refractivity contribution >= 4 is 17.2 Å². The van der Waals surface area contributed by atoms with Gasteiger partial charge in [-0.25, -0.2) is 4.98 Å². The highest BCUT2D eigenvalue weighted by molar-refractivity contribution is 7.07. The van der Waals surface area contributed by atoms with Crippen LogP contribution in [0.1, 0.15) is 36.7 Å². The number of rotatable bonds is 5. The first-order valence-corrected chi connectivity index (χ1v) is 7.16. The van der Waals surface area contributed by atoms with Crippen LogP contribution in [0.5, 0.6) is 0 Å². The van der Waals surface area contributed by atoms with Crippen molar-refractivity contribution in [2.45, 2.75) is 32.2 Å². The molecule has 1 fully saturated rings. The predicted octanol–water partition coefficient (Wildman–Crippen LogP) is 1.75. The molecule has 1 aromatic rings. The van der Waals surface area contributed by atoms with E-state index in [1.807, 2.05) is 10.3 Å². The number of aromatic nitrogens is 1. The van der Waals surface area contributed by atoms with Gasteiger partial charge in [0.1, 0.15) is 5.69 Å². The zero-order valence-electron chi connectivity index (χ0n) is 10.2. The molecule has 2 rings (SSSR count). The van der Waals surface area contributed by atoms with Crippen molar-refractivity contribution < 1.29 is 4.79 Å². The summed E-state index contributed by atoms with van der Waals surface area (Å²) >= 11 is 1.47. The van der Waals surface area contributed by atoms with Gasteiger partial charge in [-0.3, -0.25) is 4.79 Å². The third-order valence-corrected chi connectivity index (χ3v) is 3.62. The van der Waals surface area contributed by atoms with Crippen LogP contribution in [0.3, 0.4) is 0 Å². The topological polar surface area (TPSA) is 45.2 Å². The molecule has 5 heteroatoms. The predicted molar refractivity (Wildman–Crippen MR) is 69.3 cm³/mol. The minimum atomic E-state index is 0.0711. The monoisotopic (exact) mass is 253 g/mol. The van der Waals surface area contributed by atoms with Crippen molar-refractivity contribution in [1.82, 2.24) is 15.2 Å². The van der Waals surface area contributed by atoms with Gasteiger partial charge in [0.05, 0.1) is 5.51 Å². The lowest BCUT2D eigenvalue weighted by Crippen LogP contribution is -2.41. The molecule has 1 saturated heterocycles. The molecule has 0 bridgehead atoms. The Labute approximate surface area is 106 Å². The molecule has 1 N–H and O–H groups in total. The van der Waals surface area contributed by atoms with Crippen LogP contribution in [0, 0.1) is 0 Å². The van der Waals surface area contributed by atoms with E-state index in [9.17, 15) is 4.79 Å². The highest BCUT2D eigenvalue weighted by atomic mass is 32.1. The van der Waals surface area contributed by atoms with Crippen LogP contribution in [0.15, 0.2) is 10.9 Å². The van der Waals surface area contributed by atoms with E-state index in [-0.39, 0.29) is 5.91 Å². The van der Waals surface area contributed by atoms with Crippen LogP contribution >= 0.6 is 11.3 Å². The Bertz CT molecular complexity index is 347. The normalized spacial score (nSPS) is 19.5. The summed E-state index contributed by atoms with van der Waals surface area (Å²) in [5.41, 5.74) is 2.30. The Hall–Kier alpha value is -0.940. The lowest BCUT2D eigenvalue weighted by atomic mass is 10.2. The van der Waals surface area contributed by atoms with E-state index in [1.54, 1.807) is 5.51 Å². The van der Waals surface area contributed by atoms with Gasteiger partial charge in [-0.15, -0.1) is 11.3 Å². The molecule has 1 amide bonds. The summed E-state index contributed by atoms with van der Waals surface area (Å²) in [6, 6.07) is 0.462. The maximum Gasteiger partial charge on any atom is 0.273 e. The molecule has 1 atom stereocenters. The molecular formula is C12H19N3OS. The summed E-state index contributed by atoms with van der Waals surface area (Å²) in [6.07, 6.45) is 3.38. The van der Waals surface area contributed by atoms with Crippen molar-refractivity contribution in [1.29, 1.82) is 0 Å². The molecular weight excluding hydrogens is 234 g/mol. The lowest BCUT2D eigenvalue weighted by Gasteiger charge is -2.24. The van der Waals surface area contributed by atoms with Gasteiger partial charge in [-0.1, -0.05) is 6.92 Å².